The highest BCUT2D eigenvalue weighted by atomic mass is 16.5. The Morgan fingerprint density at radius 2 is 1.92 bits per heavy atom. The van der Waals surface area contributed by atoms with Crippen molar-refractivity contribution >= 4 is 33.5 Å². The lowest BCUT2D eigenvalue weighted by Gasteiger charge is -2.10. The molecule has 0 bridgehead atoms. The Hall–Kier alpha value is -3.41. The van der Waals surface area contributed by atoms with Crippen LogP contribution in [0.15, 0.2) is 53.2 Å². The van der Waals surface area contributed by atoms with Crippen LogP contribution in [-0.4, -0.2) is 23.0 Å². The molecule has 2 aromatic heterocycles. The molecule has 4 rings (SSSR count). The molecule has 1 N–H and O–H groups in total. The van der Waals surface area contributed by atoms with Crippen molar-refractivity contribution in [1.29, 1.82) is 0 Å². The van der Waals surface area contributed by atoms with E-state index in [-0.39, 0.29) is 11.6 Å². The maximum atomic E-state index is 12.4. The molecule has 0 fully saturated rings. The maximum absolute atomic E-state index is 12.4. The summed E-state index contributed by atoms with van der Waals surface area (Å²) in [6.45, 7) is 1.81. The van der Waals surface area contributed by atoms with Gasteiger partial charge in [-0.05, 0) is 19.1 Å². The van der Waals surface area contributed by atoms with Gasteiger partial charge in [0.25, 0.3) is 5.91 Å². The SMILES string of the molecule is COc1cc2c(cc1NC(=O)c1cnc(C)cn1)oc1ccccc12. The first-order valence-corrected chi connectivity index (χ1v) is 7.75. The third-order valence-corrected chi connectivity index (χ3v) is 3.96. The molecule has 2 aromatic carbocycles. The number of aryl methyl sites for hydroxylation is 1. The molecule has 0 saturated carbocycles. The van der Waals surface area contributed by atoms with Crippen LogP contribution in [0.5, 0.6) is 5.75 Å². The molecule has 0 aliphatic heterocycles. The summed E-state index contributed by atoms with van der Waals surface area (Å²) in [6.07, 6.45) is 2.99. The fraction of sp³-hybridized carbons (Fsp3) is 0.105. The number of rotatable bonds is 3. The molecule has 6 heteroatoms. The van der Waals surface area contributed by atoms with Gasteiger partial charge in [0.15, 0.2) is 0 Å². The van der Waals surface area contributed by atoms with Crippen molar-refractivity contribution in [1.82, 2.24) is 9.97 Å². The number of amides is 1. The highest BCUT2D eigenvalue weighted by molar-refractivity contribution is 6.09. The van der Waals surface area contributed by atoms with Gasteiger partial charge >= 0.3 is 0 Å². The van der Waals surface area contributed by atoms with Gasteiger partial charge in [0.2, 0.25) is 0 Å². The largest absolute Gasteiger partial charge is 0.495 e. The Kier molecular flexibility index (Phi) is 3.57. The van der Waals surface area contributed by atoms with E-state index >= 15 is 0 Å². The Balaban J connectivity index is 1.76. The Labute approximate surface area is 143 Å². The number of fused-ring (bicyclic) bond motifs is 3. The van der Waals surface area contributed by atoms with Crippen LogP contribution >= 0.6 is 0 Å². The summed E-state index contributed by atoms with van der Waals surface area (Å²) in [7, 11) is 1.56. The van der Waals surface area contributed by atoms with Gasteiger partial charge in [-0.2, -0.15) is 0 Å². The van der Waals surface area contributed by atoms with Gasteiger partial charge in [-0.1, -0.05) is 18.2 Å². The van der Waals surface area contributed by atoms with Crippen LogP contribution in [0.2, 0.25) is 0 Å². The minimum atomic E-state index is -0.360. The fourth-order valence-electron chi connectivity index (χ4n) is 2.71. The van der Waals surface area contributed by atoms with E-state index in [0.717, 1.165) is 22.0 Å². The number of carbonyl (C=O) groups is 1. The molecule has 4 aromatic rings. The number of carbonyl (C=O) groups excluding carboxylic acids is 1. The van der Waals surface area contributed by atoms with Gasteiger partial charge in [-0.15, -0.1) is 0 Å². The van der Waals surface area contributed by atoms with E-state index in [4.69, 9.17) is 9.15 Å². The maximum Gasteiger partial charge on any atom is 0.275 e. The number of nitrogens with one attached hydrogen (secondary N) is 1. The molecule has 0 spiro atoms. The molecule has 0 saturated heterocycles. The Morgan fingerprint density at radius 1 is 1.08 bits per heavy atom. The molecule has 0 radical (unpaired) electrons. The number of benzene rings is 2. The number of methoxy groups -OCH3 is 1. The first-order valence-electron chi connectivity index (χ1n) is 7.75. The predicted octanol–water partition coefficient (Wildman–Crippen LogP) is 3.95. The van der Waals surface area contributed by atoms with Crippen molar-refractivity contribution in [2.45, 2.75) is 6.92 Å². The van der Waals surface area contributed by atoms with Crippen LogP contribution in [0.3, 0.4) is 0 Å². The van der Waals surface area contributed by atoms with Crippen molar-refractivity contribution in [3.63, 3.8) is 0 Å². The molecular formula is C19H15N3O3. The van der Waals surface area contributed by atoms with E-state index in [1.165, 1.54) is 6.20 Å². The van der Waals surface area contributed by atoms with Crippen LogP contribution in [0, 0.1) is 6.92 Å². The van der Waals surface area contributed by atoms with Crippen LogP contribution in [0.25, 0.3) is 21.9 Å². The lowest BCUT2D eigenvalue weighted by molar-refractivity contribution is 0.102. The number of ether oxygens (including phenoxy) is 1. The summed E-state index contributed by atoms with van der Waals surface area (Å²) >= 11 is 0. The molecule has 0 aliphatic carbocycles. The lowest BCUT2D eigenvalue weighted by atomic mass is 10.1. The smallest absolute Gasteiger partial charge is 0.275 e. The summed E-state index contributed by atoms with van der Waals surface area (Å²) in [5.74, 6) is 0.189. The van der Waals surface area contributed by atoms with Gasteiger partial charge in [-0.25, -0.2) is 4.98 Å². The summed E-state index contributed by atoms with van der Waals surface area (Å²) in [5, 5.41) is 4.74. The van der Waals surface area contributed by atoms with Crippen LogP contribution < -0.4 is 10.1 Å². The number of furan rings is 1. The molecule has 0 atom stereocenters. The second-order valence-electron chi connectivity index (χ2n) is 5.64. The van der Waals surface area contributed by atoms with Crippen molar-refractivity contribution in [3.8, 4) is 5.75 Å². The average molecular weight is 333 g/mol. The number of nitrogens with zero attached hydrogens (tertiary/aromatic N) is 2. The van der Waals surface area contributed by atoms with Gasteiger partial charge < -0.3 is 14.5 Å². The fourth-order valence-corrected chi connectivity index (χ4v) is 2.71. The molecular weight excluding hydrogens is 318 g/mol. The quantitative estimate of drug-likeness (QED) is 0.614. The Bertz CT molecular complexity index is 1080. The second-order valence-corrected chi connectivity index (χ2v) is 5.64. The molecule has 0 aliphatic rings. The van der Waals surface area contributed by atoms with E-state index < -0.39 is 0 Å². The van der Waals surface area contributed by atoms with E-state index in [9.17, 15) is 4.79 Å². The normalized spacial score (nSPS) is 11.0. The number of hydrogen-bond donors (Lipinski definition) is 1. The summed E-state index contributed by atoms with van der Waals surface area (Å²) in [5.41, 5.74) is 2.95. The number of para-hydroxylation sites is 1. The van der Waals surface area contributed by atoms with Gasteiger partial charge in [0, 0.05) is 23.0 Å². The zero-order chi connectivity index (χ0) is 17.4. The molecule has 1 amide bonds. The number of anilines is 1. The van der Waals surface area contributed by atoms with Crippen molar-refractivity contribution in [2.75, 3.05) is 12.4 Å². The zero-order valence-electron chi connectivity index (χ0n) is 13.7. The molecule has 2 heterocycles. The third kappa shape index (κ3) is 2.67. The monoisotopic (exact) mass is 333 g/mol. The predicted molar refractivity (Wildman–Crippen MR) is 95.0 cm³/mol. The molecule has 25 heavy (non-hydrogen) atoms. The van der Waals surface area contributed by atoms with Gasteiger partial charge in [0.1, 0.15) is 22.6 Å². The molecule has 0 unspecified atom stereocenters. The van der Waals surface area contributed by atoms with Gasteiger partial charge in [-0.3, -0.25) is 9.78 Å². The summed E-state index contributed by atoms with van der Waals surface area (Å²) in [6, 6.07) is 11.4. The average Bonchev–Trinajstić information content (AvgIpc) is 2.99. The van der Waals surface area contributed by atoms with E-state index in [1.54, 1.807) is 19.4 Å². The first kappa shape index (κ1) is 15.1. The third-order valence-electron chi connectivity index (χ3n) is 3.96. The number of aromatic nitrogens is 2. The van der Waals surface area contributed by atoms with E-state index in [1.807, 2.05) is 37.3 Å². The van der Waals surface area contributed by atoms with Crippen LogP contribution in [-0.2, 0) is 0 Å². The zero-order valence-corrected chi connectivity index (χ0v) is 13.7. The lowest BCUT2D eigenvalue weighted by Crippen LogP contribution is -2.14. The first-order chi connectivity index (χ1) is 12.2. The van der Waals surface area contributed by atoms with Crippen molar-refractivity contribution in [2.24, 2.45) is 0 Å². The highest BCUT2D eigenvalue weighted by Gasteiger charge is 2.15. The minimum Gasteiger partial charge on any atom is -0.495 e. The highest BCUT2D eigenvalue weighted by Crippen LogP contribution is 2.36. The minimum absolute atomic E-state index is 0.234. The standard InChI is InChI=1S/C19H15N3O3/c1-11-9-21-15(10-20-11)19(23)22-14-8-17-13(7-18(14)24-2)12-5-3-4-6-16(12)25-17/h3-10H,1-2H3,(H,22,23). The van der Waals surface area contributed by atoms with Crippen LogP contribution in [0.4, 0.5) is 5.69 Å². The van der Waals surface area contributed by atoms with E-state index in [0.29, 0.717) is 17.0 Å². The van der Waals surface area contributed by atoms with Crippen molar-refractivity contribution in [3.05, 3.63) is 60.2 Å². The van der Waals surface area contributed by atoms with Crippen LogP contribution in [0.1, 0.15) is 16.2 Å². The summed E-state index contributed by atoms with van der Waals surface area (Å²) < 4.78 is 11.3. The molecule has 124 valence electrons. The van der Waals surface area contributed by atoms with Crippen molar-refractivity contribution < 1.29 is 13.9 Å². The molecule has 6 nitrogen and oxygen atoms in total. The summed E-state index contributed by atoms with van der Waals surface area (Å²) in [4.78, 5) is 20.6. The Morgan fingerprint density at radius 3 is 2.68 bits per heavy atom. The number of hydrogen-bond acceptors (Lipinski definition) is 5. The van der Waals surface area contributed by atoms with E-state index in [2.05, 4.69) is 15.3 Å². The van der Waals surface area contributed by atoms with Gasteiger partial charge in [0.05, 0.1) is 24.7 Å². The topological polar surface area (TPSA) is 77.2 Å². The second kappa shape index (κ2) is 5.90.